The van der Waals surface area contributed by atoms with Crippen LogP contribution >= 0.6 is 0 Å². The molecule has 0 bridgehead atoms. The van der Waals surface area contributed by atoms with Crippen LogP contribution < -0.4 is 10.6 Å². The minimum Gasteiger partial charge on any atom is -0.465 e. The third kappa shape index (κ3) is 4.83. The molecule has 2 N–H and O–H groups in total. The zero-order valence-electron chi connectivity index (χ0n) is 15.1. The zero-order chi connectivity index (χ0) is 18.4. The van der Waals surface area contributed by atoms with E-state index in [9.17, 15) is 9.59 Å². The number of anilines is 2. The average molecular weight is 340 g/mol. The van der Waals surface area contributed by atoms with E-state index in [0.29, 0.717) is 24.2 Å². The van der Waals surface area contributed by atoms with Crippen LogP contribution in [0.4, 0.5) is 11.4 Å². The molecule has 0 heterocycles. The van der Waals surface area contributed by atoms with Crippen molar-refractivity contribution in [3.05, 3.63) is 58.7 Å². The number of benzene rings is 2. The van der Waals surface area contributed by atoms with Crippen molar-refractivity contribution in [2.24, 2.45) is 0 Å². The SMILES string of the molecule is COC(=O)c1ccccc1NCCC(=O)Nc1c(C)cc(C)cc1C. The first-order valence-electron chi connectivity index (χ1n) is 8.21. The van der Waals surface area contributed by atoms with E-state index in [1.807, 2.05) is 39.0 Å². The van der Waals surface area contributed by atoms with E-state index in [-0.39, 0.29) is 5.91 Å². The van der Waals surface area contributed by atoms with Crippen LogP contribution in [-0.4, -0.2) is 25.5 Å². The first-order chi connectivity index (χ1) is 11.9. The lowest BCUT2D eigenvalue weighted by molar-refractivity contribution is -0.116. The van der Waals surface area contributed by atoms with Crippen molar-refractivity contribution in [3.8, 4) is 0 Å². The molecule has 0 spiro atoms. The summed E-state index contributed by atoms with van der Waals surface area (Å²) in [6.07, 6.45) is 0.294. The molecule has 0 aromatic heterocycles. The summed E-state index contributed by atoms with van der Waals surface area (Å²) < 4.78 is 4.76. The van der Waals surface area contributed by atoms with Crippen LogP contribution in [0.25, 0.3) is 0 Å². The molecule has 0 aliphatic carbocycles. The lowest BCUT2D eigenvalue weighted by atomic mass is 10.1. The highest BCUT2D eigenvalue weighted by Crippen LogP contribution is 2.22. The summed E-state index contributed by atoms with van der Waals surface area (Å²) in [4.78, 5) is 24.0. The molecule has 132 valence electrons. The van der Waals surface area contributed by atoms with Gasteiger partial charge in [0.1, 0.15) is 0 Å². The van der Waals surface area contributed by atoms with Gasteiger partial charge in [0.2, 0.25) is 5.91 Å². The first-order valence-corrected chi connectivity index (χ1v) is 8.21. The Morgan fingerprint density at radius 3 is 2.32 bits per heavy atom. The van der Waals surface area contributed by atoms with Crippen LogP contribution in [0.5, 0.6) is 0 Å². The van der Waals surface area contributed by atoms with Crippen molar-refractivity contribution < 1.29 is 14.3 Å². The second-order valence-corrected chi connectivity index (χ2v) is 6.04. The quantitative estimate of drug-likeness (QED) is 0.784. The van der Waals surface area contributed by atoms with Gasteiger partial charge in [-0.3, -0.25) is 4.79 Å². The fraction of sp³-hybridized carbons (Fsp3) is 0.300. The number of ether oxygens (including phenoxy) is 1. The molecule has 0 aliphatic heterocycles. The van der Waals surface area contributed by atoms with Crippen molar-refractivity contribution in [2.45, 2.75) is 27.2 Å². The molecule has 2 rings (SSSR count). The maximum atomic E-state index is 12.2. The Balaban J connectivity index is 1.95. The van der Waals surface area contributed by atoms with Gasteiger partial charge in [-0.25, -0.2) is 4.79 Å². The Labute approximate surface area is 148 Å². The van der Waals surface area contributed by atoms with Gasteiger partial charge in [0.25, 0.3) is 0 Å². The molecule has 2 aromatic rings. The summed E-state index contributed by atoms with van der Waals surface area (Å²) in [5.74, 6) is -0.475. The monoisotopic (exact) mass is 340 g/mol. The molecule has 25 heavy (non-hydrogen) atoms. The molecule has 0 atom stereocenters. The fourth-order valence-corrected chi connectivity index (χ4v) is 2.82. The fourth-order valence-electron chi connectivity index (χ4n) is 2.82. The molecule has 1 amide bonds. The van der Waals surface area contributed by atoms with Crippen LogP contribution in [0.2, 0.25) is 0 Å². The Kier molecular flexibility index (Phi) is 6.17. The van der Waals surface area contributed by atoms with Crippen molar-refractivity contribution in [1.82, 2.24) is 0 Å². The molecular weight excluding hydrogens is 316 g/mol. The second kappa shape index (κ2) is 8.33. The smallest absolute Gasteiger partial charge is 0.339 e. The van der Waals surface area contributed by atoms with Gasteiger partial charge in [0.05, 0.1) is 12.7 Å². The topological polar surface area (TPSA) is 67.4 Å². The molecule has 5 nitrogen and oxygen atoms in total. The normalized spacial score (nSPS) is 10.2. The predicted molar refractivity (Wildman–Crippen MR) is 100 cm³/mol. The van der Waals surface area contributed by atoms with E-state index in [1.54, 1.807) is 18.2 Å². The number of aryl methyl sites for hydroxylation is 3. The number of carbonyl (C=O) groups is 2. The first kappa shape index (κ1) is 18.5. The number of hydrogen-bond acceptors (Lipinski definition) is 4. The summed E-state index contributed by atoms with van der Waals surface area (Å²) in [6, 6.07) is 11.2. The van der Waals surface area contributed by atoms with Gasteiger partial charge in [-0.2, -0.15) is 0 Å². The highest BCUT2D eigenvalue weighted by Gasteiger charge is 2.12. The van der Waals surface area contributed by atoms with Gasteiger partial charge < -0.3 is 15.4 Å². The summed E-state index contributed by atoms with van der Waals surface area (Å²) in [5.41, 5.74) is 5.25. The van der Waals surface area contributed by atoms with Crippen molar-refractivity contribution in [2.75, 3.05) is 24.3 Å². The average Bonchev–Trinajstić information content (AvgIpc) is 2.58. The number of rotatable bonds is 6. The van der Waals surface area contributed by atoms with Gasteiger partial charge in [-0.05, 0) is 44.0 Å². The molecule has 0 saturated carbocycles. The van der Waals surface area contributed by atoms with Gasteiger partial charge in [0.15, 0.2) is 0 Å². The van der Waals surface area contributed by atoms with E-state index in [0.717, 1.165) is 16.8 Å². The van der Waals surface area contributed by atoms with Crippen LogP contribution in [0.15, 0.2) is 36.4 Å². The number of amides is 1. The lowest BCUT2D eigenvalue weighted by Crippen LogP contribution is -2.18. The highest BCUT2D eigenvalue weighted by atomic mass is 16.5. The van der Waals surface area contributed by atoms with Crippen LogP contribution in [0.3, 0.4) is 0 Å². The maximum absolute atomic E-state index is 12.2. The number of para-hydroxylation sites is 1. The highest BCUT2D eigenvalue weighted by molar-refractivity contribution is 5.96. The van der Waals surface area contributed by atoms with E-state index in [4.69, 9.17) is 4.74 Å². The number of carbonyl (C=O) groups excluding carboxylic acids is 2. The van der Waals surface area contributed by atoms with Crippen LogP contribution in [0, 0.1) is 20.8 Å². The molecular formula is C20H24N2O3. The Bertz CT molecular complexity index is 761. The molecule has 5 heteroatoms. The van der Waals surface area contributed by atoms with Crippen LogP contribution in [-0.2, 0) is 9.53 Å². The van der Waals surface area contributed by atoms with E-state index in [2.05, 4.69) is 10.6 Å². The Hall–Kier alpha value is -2.82. The second-order valence-electron chi connectivity index (χ2n) is 6.04. The van der Waals surface area contributed by atoms with E-state index >= 15 is 0 Å². The number of esters is 1. The summed E-state index contributed by atoms with van der Waals surface area (Å²) in [6.45, 7) is 6.43. The molecule has 0 aliphatic rings. The van der Waals surface area contributed by atoms with Gasteiger partial charge in [-0.15, -0.1) is 0 Å². The minimum atomic E-state index is -0.404. The largest absolute Gasteiger partial charge is 0.465 e. The third-order valence-electron chi connectivity index (χ3n) is 3.94. The molecule has 0 unspecified atom stereocenters. The predicted octanol–water partition coefficient (Wildman–Crippen LogP) is 3.84. The number of hydrogen-bond donors (Lipinski definition) is 2. The van der Waals surface area contributed by atoms with Gasteiger partial charge >= 0.3 is 5.97 Å². The third-order valence-corrected chi connectivity index (χ3v) is 3.94. The summed E-state index contributed by atoms with van der Waals surface area (Å²) in [5, 5.41) is 6.09. The van der Waals surface area contributed by atoms with Crippen molar-refractivity contribution in [1.29, 1.82) is 0 Å². The Morgan fingerprint density at radius 2 is 1.68 bits per heavy atom. The van der Waals surface area contributed by atoms with Crippen molar-refractivity contribution >= 4 is 23.3 Å². The number of methoxy groups -OCH3 is 1. The number of nitrogens with one attached hydrogen (secondary N) is 2. The zero-order valence-corrected chi connectivity index (χ0v) is 15.1. The van der Waals surface area contributed by atoms with E-state index < -0.39 is 5.97 Å². The lowest BCUT2D eigenvalue weighted by Gasteiger charge is -2.14. The molecule has 2 aromatic carbocycles. The standard InChI is InChI=1S/C20H24N2O3/c1-13-11-14(2)19(15(3)12-13)22-18(23)9-10-21-17-8-6-5-7-16(17)20(24)25-4/h5-8,11-12,21H,9-10H2,1-4H3,(H,22,23). The summed E-state index contributed by atoms with van der Waals surface area (Å²) in [7, 11) is 1.35. The van der Waals surface area contributed by atoms with Crippen LogP contribution in [0.1, 0.15) is 33.5 Å². The maximum Gasteiger partial charge on any atom is 0.339 e. The Morgan fingerprint density at radius 1 is 1.04 bits per heavy atom. The molecule has 0 radical (unpaired) electrons. The van der Waals surface area contributed by atoms with Gasteiger partial charge in [0, 0.05) is 24.3 Å². The van der Waals surface area contributed by atoms with E-state index in [1.165, 1.54) is 12.7 Å². The van der Waals surface area contributed by atoms with Gasteiger partial charge in [-0.1, -0.05) is 29.8 Å². The summed E-state index contributed by atoms with van der Waals surface area (Å²) >= 11 is 0. The van der Waals surface area contributed by atoms with Crippen molar-refractivity contribution in [3.63, 3.8) is 0 Å². The molecule has 0 saturated heterocycles. The minimum absolute atomic E-state index is 0.0712. The molecule has 0 fully saturated rings.